The Morgan fingerprint density at radius 1 is 1.20 bits per heavy atom. The van der Waals surface area contributed by atoms with Gasteiger partial charge in [0.25, 0.3) is 0 Å². The first-order valence-electron chi connectivity index (χ1n) is 5.89. The summed E-state index contributed by atoms with van der Waals surface area (Å²) < 4.78 is 0. The number of unbranched alkanes of at least 4 members (excludes halogenated alkanes) is 1. The Hall–Kier alpha value is -0.570. The molecule has 0 aliphatic rings. The van der Waals surface area contributed by atoms with Gasteiger partial charge in [0, 0.05) is 14.1 Å². The Morgan fingerprint density at radius 2 is 1.80 bits per heavy atom. The van der Waals surface area contributed by atoms with Crippen LogP contribution in [0.4, 0.5) is 0 Å². The average Bonchev–Trinajstić information content (AvgIpc) is 2.15. The first-order chi connectivity index (χ1) is 6.95. The molecule has 0 aliphatic carbocycles. The Labute approximate surface area is 94.2 Å². The standard InChI is InChI=1S/C12H26N2O/c1-10(2)8-6-7-9-13-11(3)12(15)14(4)5/h10-11,13H,6-9H2,1-5H3. The molecule has 0 saturated carbocycles. The van der Waals surface area contributed by atoms with E-state index in [-0.39, 0.29) is 11.9 Å². The fourth-order valence-electron chi connectivity index (χ4n) is 1.47. The Kier molecular flexibility index (Phi) is 7.39. The van der Waals surface area contributed by atoms with E-state index in [1.54, 1.807) is 19.0 Å². The molecule has 0 aromatic heterocycles. The highest BCUT2D eigenvalue weighted by molar-refractivity contribution is 5.80. The third-order valence-corrected chi connectivity index (χ3v) is 2.47. The smallest absolute Gasteiger partial charge is 0.238 e. The molecule has 0 aromatic rings. The van der Waals surface area contributed by atoms with Crippen LogP contribution in [0.1, 0.15) is 40.0 Å². The van der Waals surface area contributed by atoms with Crippen molar-refractivity contribution in [3.63, 3.8) is 0 Å². The number of carbonyl (C=O) groups excluding carboxylic acids is 1. The molecule has 0 bridgehead atoms. The Balaban J connectivity index is 3.47. The first-order valence-corrected chi connectivity index (χ1v) is 5.89. The van der Waals surface area contributed by atoms with Gasteiger partial charge in [-0.2, -0.15) is 0 Å². The number of amides is 1. The van der Waals surface area contributed by atoms with E-state index in [4.69, 9.17) is 0 Å². The average molecular weight is 214 g/mol. The highest BCUT2D eigenvalue weighted by Gasteiger charge is 2.12. The van der Waals surface area contributed by atoms with E-state index in [2.05, 4.69) is 19.2 Å². The summed E-state index contributed by atoms with van der Waals surface area (Å²) in [6.07, 6.45) is 3.68. The summed E-state index contributed by atoms with van der Waals surface area (Å²) in [4.78, 5) is 13.1. The van der Waals surface area contributed by atoms with Crippen molar-refractivity contribution >= 4 is 5.91 Å². The second kappa shape index (κ2) is 7.69. The molecule has 1 N–H and O–H groups in total. The van der Waals surface area contributed by atoms with Crippen LogP contribution in [0.3, 0.4) is 0 Å². The van der Waals surface area contributed by atoms with Crippen molar-refractivity contribution in [3.8, 4) is 0 Å². The van der Waals surface area contributed by atoms with Gasteiger partial charge in [-0.05, 0) is 25.8 Å². The molecule has 3 nitrogen and oxygen atoms in total. The molecule has 15 heavy (non-hydrogen) atoms. The lowest BCUT2D eigenvalue weighted by atomic mass is 10.1. The molecular formula is C12H26N2O. The molecule has 0 aliphatic heterocycles. The van der Waals surface area contributed by atoms with Crippen LogP contribution in [0.2, 0.25) is 0 Å². The van der Waals surface area contributed by atoms with Gasteiger partial charge >= 0.3 is 0 Å². The number of likely N-dealkylation sites (N-methyl/N-ethyl adjacent to an activating group) is 1. The maximum absolute atomic E-state index is 11.5. The normalized spacial score (nSPS) is 12.9. The first kappa shape index (κ1) is 14.4. The van der Waals surface area contributed by atoms with Crippen molar-refractivity contribution in [2.24, 2.45) is 5.92 Å². The molecule has 0 spiro atoms. The zero-order valence-corrected chi connectivity index (χ0v) is 10.8. The van der Waals surface area contributed by atoms with Crippen LogP contribution in [0.15, 0.2) is 0 Å². The van der Waals surface area contributed by atoms with E-state index >= 15 is 0 Å². The third kappa shape index (κ3) is 7.37. The highest BCUT2D eigenvalue weighted by Crippen LogP contribution is 2.05. The van der Waals surface area contributed by atoms with Crippen LogP contribution in [0.25, 0.3) is 0 Å². The molecular weight excluding hydrogens is 188 g/mol. The molecule has 3 heteroatoms. The quantitative estimate of drug-likeness (QED) is 0.656. The van der Waals surface area contributed by atoms with Crippen LogP contribution in [0, 0.1) is 5.92 Å². The molecule has 0 aromatic carbocycles. The summed E-state index contributed by atoms with van der Waals surface area (Å²) in [5, 5.41) is 3.25. The van der Waals surface area contributed by atoms with Gasteiger partial charge in [0.1, 0.15) is 0 Å². The monoisotopic (exact) mass is 214 g/mol. The number of rotatable bonds is 7. The summed E-state index contributed by atoms with van der Waals surface area (Å²) in [5.74, 6) is 0.935. The molecule has 0 heterocycles. The number of hydrogen-bond donors (Lipinski definition) is 1. The second-order valence-electron chi connectivity index (χ2n) is 4.80. The lowest BCUT2D eigenvalue weighted by Crippen LogP contribution is -2.41. The zero-order chi connectivity index (χ0) is 11.8. The predicted molar refractivity (Wildman–Crippen MR) is 64.8 cm³/mol. The van der Waals surface area contributed by atoms with Crippen LogP contribution in [-0.4, -0.2) is 37.5 Å². The number of hydrogen-bond acceptors (Lipinski definition) is 2. The van der Waals surface area contributed by atoms with Gasteiger partial charge in [-0.3, -0.25) is 4.79 Å². The van der Waals surface area contributed by atoms with E-state index < -0.39 is 0 Å². The minimum absolute atomic E-state index is 0.0564. The van der Waals surface area contributed by atoms with Crippen molar-refractivity contribution in [1.29, 1.82) is 0 Å². The van der Waals surface area contributed by atoms with Crippen molar-refractivity contribution in [2.75, 3.05) is 20.6 Å². The van der Waals surface area contributed by atoms with Gasteiger partial charge < -0.3 is 10.2 Å². The van der Waals surface area contributed by atoms with Gasteiger partial charge in [0.05, 0.1) is 6.04 Å². The lowest BCUT2D eigenvalue weighted by molar-refractivity contribution is -0.130. The minimum atomic E-state index is -0.0564. The summed E-state index contributed by atoms with van der Waals surface area (Å²) in [6, 6.07) is -0.0564. The topological polar surface area (TPSA) is 32.3 Å². The fourth-order valence-corrected chi connectivity index (χ4v) is 1.47. The van der Waals surface area contributed by atoms with E-state index in [1.165, 1.54) is 12.8 Å². The largest absolute Gasteiger partial charge is 0.347 e. The van der Waals surface area contributed by atoms with Crippen molar-refractivity contribution in [3.05, 3.63) is 0 Å². The molecule has 1 unspecified atom stereocenters. The van der Waals surface area contributed by atoms with Crippen LogP contribution in [0.5, 0.6) is 0 Å². The molecule has 1 atom stereocenters. The van der Waals surface area contributed by atoms with Gasteiger partial charge in [-0.1, -0.05) is 26.7 Å². The van der Waals surface area contributed by atoms with Gasteiger partial charge in [0.15, 0.2) is 0 Å². The minimum Gasteiger partial charge on any atom is -0.347 e. The second-order valence-corrected chi connectivity index (χ2v) is 4.80. The molecule has 0 fully saturated rings. The maximum Gasteiger partial charge on any atom is 0.238 e. The van der Waals surface area contributed by atoms with E-state index in [0.717, 1.165) is 18.9 Å². The molecule has 90 valence electrons. The van der Waals surface area contributed by atoms with Gasteiger partial charge in [-0.15, -0.1) is 0 Å². The van der Waals surface area contributed by atoms with E-state index in [1.807, 2.05) is 6.92 Å². The summed E-state index contributed by atoms with van der Waals surface area (Å²) >= 11 is 0. The van der Waals surface area contributed by atoms with Crippen LogP contribution >= 0.6 is 0 Å². The number of nitrogens with one attached hydrogen (secondary N) is 1. The maximum atomic E-state index is 11.5. The Bertz CT molecular complexity index is 178. The molecule has 0 rings (SSSR count). The fraction of sp³-hybridized carbons (Fsp3) is 0.917. The van der Waals surface area contributed by atoms with Crippen LogP contribution < -0.4 is 5.32 Å². The lowest BCUT2D eigenvalue weighted by Gasteiger charge is -2.18. The van der Waals surface area contributed by atoms with Crippen molar-refractivity contribution in [1.82, 2.24) is 10.2 Å². The number of nitrogens with zero attached hydrogens (tertiary/aromatic N) is 1. The zero-order valence-electron chi connectivity index (χ0n) is 10.8. The van der Waals surface area contributed by atoms with Crippen molar-refractivity contribution < 1.29 is 4.79 Å². The van der Waals surface area contributed by atoms with E-state index in [0.29, 0.717) is 0 Å². The Morgan fingerprint density at radius 3 is 2.27 bits per heavy atom. The predicted octanol–water partition coefficient (Wildman–Crippen LogP) is 1.88. The summed E-state index contributed by atoms with van der Waals surface area (Å²) in [7, 11) is 3.58. The van der Waals surface area contributed by atoms with Gasteiger partial charge in [0.2, 0.25) is 5.91 Å². The highest BCUT2D eigenvalue weighted by atomic mass is 16.2. The number of carbonyl (C=O) groups is 1. The van der Waals surface area contributed by atoms with Crippen molar-refractivity contribution in [2.45, 2.75) is 46.1 Å². The van der Waals surface area contributed by atoms with Crippen LogP contribution in [-0.2, 0) is 4.79 Å². The third-order valence-electron chi connectivity index (χ3n) is 2.47. The summed E-state index contributed by atoms with van der Waals surface area (Å²) in [5.41, 5.74) is 0. The summed E-state index contributed by atoms with van der Waals surface area (Å²) in [6.45, 7) is 7.34. The molecule has 1 amide bonds. The SMILES string of the molecule is CC(C)CCCCNC(C)C(=O)N(C)C. The van der Waals surface area contributed by atoms with Gasteiger partial charge in [-0.25, -0.2) is 0 Å². The van der Waals surface area contributed by atoms with E-state index in [9.17, 15) is 4.79 Å². The molecule has 0 radical (unpaired) electrons. The molecule has 0 saturated heterocycles.